The molecule has 44 heavy (non-hydrogen) atoms. The van der Waals surface area contributed by atoms with Gasteiger partial charge in [-0.2, -0.15) is 0 Å². The number of hydrogen-bond donors (Lipinski definition) is 1. The largest absolute Gasteiger partial charge is 0.507 e. The molecule has 0 radical (unpaired) electrons. The highest BCUT2D eigenvalue weighted by atomic mass is 32.1. The Kier molecular flexibility index (Phi) is 9.10. The third-order valence-electron chi connectivity index (χ3n) is 7.09. The second kappa shape index (κ2) is 13.1. The van der Waals surface area contributed by atoms with E-state index in [9.17, 15) is 19.5 Å². The quantitative estimate of drug-likeness (QED) is 0.0929. The van der Waals surface area contributed by atoms with E-state index in [1.165, 1.54) is 12.0 Å². The molecule has 0 spiro atoms. The summed E-state index contributed by atoms with van der Waals surface area (Å²) in [6, 6.07) is 20.6. The van der Waals surface area contributed by atoms with Crippen molar-refractivity contribution in [3.8, 4) is 11.5 Å². The topological polar surface area (TPSA) is 115 Å². The van der Waals surface area contributed by atoms with Gasteiger partial charge in [0.05, 0.1) is 31.0 Å². The number of amides is 1. The van der Waals surface area contributed by atoms with E-state index in [1.807, 2.05) is 38.1 Å². The molecule has 2 heterocycles. The first-order chi connectivity index (χ1) is 21.2. The Morgan fingerprint density at radius 3 is 2.32 bits per heavy atom. The van der Waals surface area contributed by atoms with Gasteiger partial charge in [-0.25, -0.2) is 9.78 Å². The highest BCUT2D eigenvalue weighted by Gasteiger charge is 2.48. The summed E-state index contributed by atoms with van der Waals surface area (Å²) in [4.78, 5) is 45.3. The number of hydrogen-bond acceptors (Lipinski definition) is 9. The summed E-state index contributed by atoms with van der Waals surface area (Å²) in [5.74, 6) is -1.46. The van der Waals surface area contributed by atoms with Crippen LogP contribution in [-0.2, 0) is 20.9 Å². The monoisotopic (exact) mass is 612 g/mol. The number of ether oxygens (including phenoxy) is 3. The van der Waals surface area contributed by atoms with E-state index < -0.39 is 23.7 Å². The minimum atomic E-state index is -1.01. The molecule has 1 atom stereocenters. The van der Waals surface area contributed by atoms with Crippen LogP contribution in [0.5, 0.6) is 11.5 Å². The van der Waals surface area contributed by atoms with Crippen LogP contribution < -0.4 is 14.4 Å². The predicted octanol–water partition coefficient (Wildman–Crippen LogP) is 6.54. The Labute approximate surface area is 259 Å². The van der Waals surface area contributed by atoms with Crippen molar-refractivity contribution in [2.45, 2.75) is 39.8 Å². The van der Waals surface area contributed by atoms with Crippen molar-refractivity contribution in [3.63, 3.8) is 0 Å². The molecule has 0 bridgehead atoms. The van der Waals surface area contributed by atoms with E-state index in [0.717, 1.165) is 28.9 Å². The zero-order valence-corrected chi connectivity index (χ0v) is 25.6. The van der Waals surface area contributed by atoms with E-state index in [-0.39, 0.29) is 21.3 Å². The van der Waals surface area contributed by atoms with Gasteiger partial charge in [0.15, 0.2) is 5.13 Å². The number of aliphatic hydroxyl groups excluding tert-OH is 1. The maximum atomic E-state index is 13.6. The van der Waals surface area contributed by atoms with E-state index in [1.54, 1.807) is 55.5 Å². The van der Waals surface area contributed by atoms with Gasteiger partial charge in [-0.05, 0) is 67.8 Å². The number of aromatic nitrogens is 1. The van der Waals surface area contributed by atoms with Crippen LogP contribution in [-0.4, -0.2) is 41.5 Å². The lowest BCUT2D eigenvalue weighted by atomic mass is 9.95. The molecule has 1 fully saturated rings. The first-order valence-corrected chi connectivity index (χ1v) is 14.9. The zero-order valence-electron chi connectivity index (χ0n) is 24.8. The van der Waals surface area contributed by atoms with Gasteiger partial charge in [0.2, 0.25) is 0 Å². The van der Waals surface area contributed by atoms with Gasteiger partial charge < -0.3 is 19.3 Å². The second-order valence-electron chi connectivity index (χ2n) is 10.3. The van der Waals surface area contributed by atoms with Crippen molar-refractivity contribution in [2.75, 3.05) is 18.6 Å². The first-order valence-electron chi connectivity index (χ1n) is 14.1. The Morgan fingerprint density at radius 2 is 1.66 bits per heavy atom. The summed E-state index contributed by atoms with van der Waals surface area (Å²) in [7, 11) is 1.26. The Bertz CT molecular complexity index is 1730. The molecule has 3 aromatic carbocycles. The van der Waals surface area contributed by atoms with Crippen LogP contribution >= 0.6 is 11.3 Å². The average molecular weight is 613 g/mol. The van der Waals surface area contributed by atoms with E-state index in [0.29, 0.717) is 41.5 Å². The zero-order chi connectivity index (χ0) is 31.4. The van der Waals surface area contributed by atoms with Crippen LogP contribution in [0.25, 0.3) is 5.76 Å². The number of carbonyl (C=O) groups excluding carboxylic acids is 3. The van der Waals surface area contributed by atoms with Gasteiger partial charge >= 0.3 is 11.9 Å². The maximum Gasteiger partial charge on any atom is 0.350 e. The van der Waals surface area contributed by atoms with Crippen molar-refractivity contribution in [1.29, 1.82) is 0 Å². The number of aliphatic hydroxyl groups is 1. The van der Waals surface area contributed by atoms with Crippen molar-refractivity contribution in [2.24, 2.45) is 0 Å². The normalized spacial score (nSPS) is 15.8. The van der Waals surface area contributed by atoms with E-state index in [4.69, 9.17) is 14.2 Å². The van der Waals surface area contributed by atoms with Gasteiger partial charge in [-0.1, -0.05) is 60.2 Å². The molecule has 9 nitrogen and oxygen atoms in total. The highest BCUT2D eigenvalue weighted by Crippen LogP contribution is 2.44. The van der Waals surface area contributed by atoms with Gasteiger partial charge in [-0.15, -0.1) is 0 Å². The molecule has 1 saturated heterocycles. The van der Waals surface area contributed by atoms with E-state index >= 15 is 0 Å². The summed E-state index contributed by atoms with van der Waals surface area (Å²) in [5.41, 5.74) is 3.32. The van der Waals surface area contributed by atoms with Gasteiger partial charge in [0.25, 0.3) is 5.78 Å². The molecular formula is C34H32N2O7S. The molecule has 10 heteroatoms. The fourth-order valence-corrected chi connectivity index (χ4v) is 5.92. The number of methoxy groups -OCH3 is 1. The van der Waals surface area contributed by atoms with Crippen LogP contribution in [0.15, 0.2) is 78.4 Å². The van der Waals surface area contributed by atoms with Crippen LogP contribution in [0.1, 0.15) is 57.0 Å². The Morgan fingerprint density at radius 1 is 0.977 bits per heavy atom. The molecule has 4 aromatic rings. The third kappa shape index (κ3) is 6.21. The number of carbonyl (C=O) groups is 3. The van der Waals surface area contributed by atoms with Crippen LogP contribution in [0.4, 0.5) is 5.13 Å². The number of esters is 1. The minimum absolute atomic E-state index is 0.0990. The summed E-state index contributed by atoms with van der Waals surface area (Å²) < 4.78 is 16.5. The van der Waals surface area contributed by atoms with Gasteiger partial charge in [0.1, 0.15) is 28.7 Å². The number of benzene rings is 3. The molecule has 1 amide bonds. The maximum absolute atomic E-state index is 13.6. The number of Topliss-reactive ketones (excluding diaryl/α,β-unsaturated/α-hetero) is 1. The molecule has 226 valence electrons. The first kappa shape index (κ1) is 30.5. The fraction of sp³-hybridized carbons (Fsp3) is 0.235. The van der Waals surface area contributed by atoms with Gasteiger partial charge in [-0.3, -0.25) is 14.5 Å². The van der Waals surface area contributed by atoms with Gasteiger partial charge in [0, 0.05) is 5.56 Å². The summed E-state index contributed by atoms with van der Waals surface area (Å²) in [6.07, 6.45) is 0.837. The summed E-state index contributed by atoms with van der Waals surface area (Å²) in [6.45, 7) is 6.55. The molecule has 1 aromatic heterocycles. The molecule has 5 rings (SSSR count). The van der Waals surface area contributed by atoms with Crippen LogP contribution in [0, 0.1) is 13.8 Å². The van der Waals surface area contributed by atoms with Crippen molar-refractivity contribution in [1.82, 2.24) is 4.98 Å². The third-order valence-corrected chi connectivity index (χ3v) is 8.23. The molecular weight excluding hydrogens is 580 g/mol. The molecule has 1 aliphatic heterocycles. The molecule has 1 unspecified atom stereocenters. The summed E-state index contributed by atoms with van der Waals surface area (Å²) >= 11 is 0.946. The fourth-order valence-electron chi connectivity index (χ4n) is 4.91. The molecule has 0 saturated carbocycles. The van der Waals surface area contributed by atoms with Crippen molar-refractivity contribution < 1.29 is 33.7 Å². The lowest BCUT2D eigenvalue weighted by Gasteiger charge is -2.23. The lowest BCUT2D eigenvalue weighted by molar-refractivity contribution is -0.132. The smallest absolute Gasteiger partial charge is 0.350 e. The average Bonchev–Trinajstić information content (AvgIpc) is 3.54. The molecule has 0 aliphatic carbocycles. The number of aryl methyl sites for hydroxylation is 2. The lowest BCUT2D eigenvalue weighted by Crippen LogP contribution is -2.29. The van der Waals surface area contributed by atoms with Crippen LogP contribution in [0.3, 0.4) is 0 Å². The van der Waals surface area contributed by atoms with E-state index in [2.05, 4.69) is 4.98 Å². The Hall–Kier alpha value is -4.96. The highest BCUT2D eigenvalue weighted by molar-refractivity contribution is 7.17. The number of thiazole rings is 1. The van der Waals surface area contributed by atoms with Crippen LogP contribution in [0.2, 0.25) is 0 Å². The number of rotatable bonds is 10. The molecule has 1 N–H and O–H groups in total. The second-order valence-corrected chi connectivity index (χ2v) is 11.3. The number of nitrogens with zero attached hydrogens (tertiary/aromatic N) is 2. The SMILES string of the molecule is CCCOc1ccc(C2/C(=C(\O)c3ccc(OCc4cccc(C)c4)cc3)C(=O)C(=O)N2c2nc(C)c(C(=O)OC)s2)cc1. The number of ketones is 1. The minimum Gasteiger partial charge on any atom is -0.507 e. The standard InChI is InChI=1S/C34H32N2O7S/c1-5-17-42-25-13-9-23(10-14-25)28-27(30(38)32(39)36(28)34-35-21(3)31(44-34)33(40)41-4)29(37)24-11-15-26(16-12-24)43-19-22-8-6-7-20(2)18-22/h6-16,18,28,37H,5,17,19H2,1-4H3/b29-27+. The predicted molar refractivity (Wildman–Crippen MR) is 167 cm³/mol. The Balaban J connectivity index is 1.52. The van der Waals surface area contributed by atoms with Crippen molar-refractivity contribution in [3.05, 3.63) is 111 Å². The molecule has 1 aliphatic rings. The summed E-state index contributed by atoms with van der Waals surface area (Å²) in [5, 5.41) is 11.7. The van der Waals surface area contributed by atoms with Crippen molar-refractivity contribution >= 4 is 39.9 Å². The number of anilines is 1.